The maximum atomic E-state index is 7.62. The summed E-state index contributed by atoms with van der Waals surface area (Å²) < 4.78 is 4.07. The van der Waals surface area contributed by atoms with Gasteiger partial charge >= 0.3 is 0 Å². The van der Waals surface area contributed by atoms with Crippen molar-refractivity contribution in [3.05, 3.63) is 0 Å². The van der Waals surface area contributed by atoms with Gasteiger partial charge in [0.1, 0.15) is 0 Å². The Balaban J connectivity index is 1.97. The minimum Gasteiger partial charge on any atom is -0.343 e. The predicted molar refractivity (Wildman–Crippen MR) is 16.1 cm³/mol. The zero-order valence-corrected chi connectivity index (χ0v) is 3.20. The first-order valence-corrected chi connectivity index (χ1v) is 1.56. The van der Waals surface area contributed by atoms with E-state index < -0.39 is 0 Å². The second kappa shape index (κ2) is 3.35. The maximum absolute atomic E-state index is 7.62. The fraction of sp³-hybridized carbons (Fsp3) is 1.00. The van der Waals surface area contributed by atoms with Gasteiger partial charge in [-0.1, -0.05) is 0 Å². The molecule has 0 saturated heterocycles. The first-order chi connectivity index (χ1) is 1.91. The molecule has 0 spiro atoms. The van der Waals surface area contributed by atoms with Gasteiger partial charge in [0.05, 0.1) is 0 Å². The van der Waals surface area contributed by atoms with Crippen molar-refractivity contribution in [3.8, 4) is 0 Å². The monoisotopic (exact) mass is 79.0 g/mol. The third-order valence-electron chi connectivity index (χ3n) is 0.0816. The third-order valence-corrected chi connectivity index (χ3v) is 0.245. The minimum atomic E-state index is -0.00154. The van der Waals surface area contributed by atoms with Crippen molar-refractivity contribution in [3.63, 3.8) is 0 Å². The van der Waals surface area contributed by atoms with Crippen molar-refractivity contribution in [1.82, 2.24) is 0 Å². The highest BCUT2D eigenvalue weighted by molar-refractivity contribution is 7.24. The van der Waals surface area contributed by atoms with Crippen molar-refractivity contribution < 1.29 is 9.42 Å². The molecule has 1 N–H and O–H groups in total. The average molecular weight is 79.0 g/mol. The Bertz CT molecular complexity index is 8.00. The van der Waals surface area contributed by atoms with Crippen molar-refractivity contribution in [1.29, 1.82) is 0 Å². The molecule has 4 heavy (non-hydrogen) atoms. The molecule has 3 heteroatoms. The molecule has 0 heterocycles. The fourth-order valence-corrected chi connectivity index (χ4v) is 0. The average Bonchev–Trinajstić information content (AvgIpc) is 1.37. The Hall–Kier alpha value is 0.350. The molecule has 0 aliphatic heterocycles. The Morgan fingerprint density at radius 2 is 2.25 bits per heavy atom. The predicted octanol–water partition coefficient (Wildman–Crippen LogP) is 0.401. The number of hydrogen-bond donors (Lipinski definition) is 1. The lowest BCUT2D eigenvalue weighted by Gasteiger charge is -1.71. The van der Waals surface area contributed by atoms with Crippen LogP contribution in [0.3, 0.4) is 0 Å². The van der Waals surface area contributed by atoms with Crippen molar-refractivity contribution in [2.75, 3.05) is 7.11 Å². The molecular formula is CH4O2P. The summed E-state index contributed by atoms with van der Waals surface area (Å²) in [6.07, 6.45) is 0. The highest BCUT2D eigenvalue weighted by Crippen LogP contribution is 1.95. The van der Waals surface area contributed by atoms with E-state index in [1.807, 2.05) is 0 Å². The van der Waals surface area contributed by atoms with E-state index in [9.17, 15) is 0 Å². The van der Waals surface area contributed by atoms with Gasteiger partial charge in [-0.25, -0.2) is 0 Å². The lowest BCUT2D eigenvalue weighted by atomic mass is 11.8. The van der Waals surface area contributed by atoms with Gasteiger partial charge in [-0.05, 0) is 0 Å². The number of hydrogen-bond acceptors (Lipinski definition) is 2. The van der Waals surface area contributed by atoms with E-state index in [1.54, 1.807) is 0 Å². The first-order valence-electron chi connectivity index (χ1n) is 0.791. The van der Waals surface area contributed by atoms with Crippen LogP contribution in [0.5, 0.6) is 0 Å². The van der Waals surface area contributed by atoms with Gasteiger partial charge in [0.25, 0.3) is 9.03 Å². The third kappa shape index (κ3) is 2.35. The molecule has 0 saturated carbocycles. The van der Waals surface area contributed by atoms with E-state index in [0.29, 0.717) is 0 Å². The second-order valence-corrected chi connectivity index (χ2v) is 0.793. The van der Waals surface area contributed by atoms with Gasteiger partial charge in [-0.15, -0.1) is 0 Å². The number of rotatable bonds is 1. The van der Waals surface area contributed by atoms with Crippen LogP contribution in [0, 0.1) is 0 Å². The van der Waals surface area contributed by atoms with Gasteiger partial charge in [0.2, 0.25) is 0 Å². The van der Waals surface area contributed by atoms with Crippen LogP contribution in [0.15, 0.2) is 0 Å². The standard InChI is InChI=1S/CH4O2P/c1-3-4-2/h2H,1H3. The molecule has 25 valence electrons. The van der Waals surface area contributed by atoms with E-state index in [-0.39, 0.29) is 9.03 Å². The van der Waals surface area contributed by atoms with Crippen LogP contribution < -0.4 is 0 Å². The minimum absolute atomic E-state index is 0.00154. The quantitative estimate of drug-likeness (QED) is 0.461. The molecule has 0 amide bonds. The topological polar surface area (TPSA) is 29.5 Å². The summed E-state index contributed by atoms with van der Waals surface area (Å²) in [5.74, 6) is 0. The van der Waals surface area contributed by atoms with E-state index in [4.69, 9.17) is 4.89 Å². The summed E-state index contributed by atoms with van der Waals surface area (Å²) in [5, 5.41) is 0. The summed E-state index contributed by atoms with van der Waals surface area (Å²) in [4.78, 5) is 7.62. The van der Waals surface area contributed by atoms with Crippen molar-refractivity contribution in [2.24, 2.45) is 0 Å². The highest BCUT2D eigenvalue weighted by atomic mass is 31.1. The zero-order chi connectivity index (χ0) is 3.41. The van der Waals surface area contributed by atoms with Crippen LogP contribution in [-0.2, 0) is 4.52 Å². The molecule has 0 fully saturated rings. The lowest BCUT2D eigenvalue weighted by Crippen LogP contribution is -1.50. The van der Waals surface area contributed by atoms with Crippen molar-refractivity contribution >= 4 is 9.03 Å². The SMILES string of the molecule is CO[P]O. The molecule has 0 aromatic carbocycles. The first kappa shape index (κ1) is 4.35. The normalized spacial score (nSPS) is 10.5. The van der Waals surface area contributed by atoms with Gasteiger partial charge in [-0.3, -0.25) is 0 Å². The Kier molecular flexibility index (Phi) is 3.64. The summed E-state index contributed by atoms with van der Waals surface area (Å²) in [7, 11) is 1.42. The molecule has 0 aromatic heterocycles. The van der Waals surface area contributed by atoms with Crippen molar-refractivity contribution in [2.45, 2.75) is 0 Å². The molecule has 0 aliphatic rings. The van der Waals surface area contributed by atoms with E-state index >= 15 is 0 Å². The van der Waals surface area contributed by atoms with E-state index in [1.165, 1.54) is 7.11 Å². The van der Waals surface area contributed by atoms with Gasteiger partial charge in [0, 0.05) is 7.11 Å². The largest absolute Gasteiger partial charge is 0.343 e. The zero-order valence-electron chi connectivity index (χ0n) is 2.30. The molecule has 2 nitrogen and oxygen atoms in total. The highest BCUT2D eigenvalue weighted by Gasteiger charge is 1.57. The summed E-state index contributed by atoms with van der Waals surface area (Å²) in [5.41, 5.74) is 0. The molecule has 1 radical (unpaired) electrons. The van der Waals surface area contributed by atoms with Crippen LogP contribution in [-0.4, -0.2) is 12.0 Å². The van der Waals surface area contributed by atoms with Gasteiger partial charge < -0.3 is 9.42 Å². The Labute approximate surface area is 26.7 Å². The van der Waals surface area contributed by atoms with Crippen LogP contribution in [0.2, 0.25) is 0 Å². The molecule has 0 bridgehead atoms. The molecular weight excluding hydrogens is 75.0 g/mol. The molecule has 0 aliphatic carbocycles. The summed E-state index contributed by atoms with van der Waals surface area (Å²) in [6.45, 7) is 0. The van der Waals surface area contributed by atoms with Crippen LogP contribution in [0.4, 0.5) is 0 Å². The van der Waals surface area contributed by atoms with Gasteiger partial charge in [0.15, 0.2) is 0 Å². The summed E-state index contributed by atoms with van der Waals surface area (Å²) in [6, 6.07) is 0. The molecule has 0 rings (SSSR count). The van der Waals surface area contributed by atoms with E-state index in [2.05, 4.69) is 4.52 Å². The fourth-order valence-electron chi connectivity index (χ4n) is 0. The molecule has 0 atom stereocenters. The summed E-state index contributed by atoms with van der Waals surface area (Å²) >= 11 is 0. The van der Waals surface area contributed by atoms with Crippen LogP contribution in [0.1, 0.15) is 0 Å². The van der Waals surface area contributed by atoms with E-state index in [0.717, 1.165) is 0 Å². The lowest BCUT2D eigenvalue weighted by molar-refractivity contribution is 0.413. The molecule has 0 unspecified atom stereocenters. The Morgan fingerprint density at radius 1 is 2.00 bits per heavy atom. The van der Waals surface area contributed by atoms with Gasteiger partial charge in [-0.2, -0.15) is 0 Å². The maximum Gasteiger partial charge on any atom is 0.253 e. The smallest absolute Gasteiger partial charge is 0.253 e. The molecule has 0 aromatic rings. The Morgan fingerprint density at radius 3 is 2.25 bits per heavy atom. The second-order valence-electron chi connectivity index (χ2n) is 0.264. The van der Waals surface area contributed by atoms with Crippen LogP contribution >= 0.6 is 9.03 Å². The van der Waals surface area contributed by atoms with Crippen LogP contribution in [0.25, 0.3) is 0 Å².